The summed E-state index contributed by atoms with van der Waals surface area (Å²) in [5.41, 5.74) is 1.70. The van der Waals surface area contributed by atoms with Crippen LogP contribution in [0.4, 0.5) is 4.79 Å². The summed E-state index contributed by atoms with van der Waals surface area (Å²) in [6, 6.07) is 7.57. The van der Waals surface area contributed by atoms with Crippen LogP contribution in [0.15, 0.2) is 40.8 Å². The van der Waals surface area contributed by atoms with Crippen molar-refractivity contribution in [1.29, 1.82) is 0 Å². The minimum absolute atomic E-state index is 0.120. The van der Waals surface area contributed by atoms with Crippen molar-refractivity contribution in [2.24, 2.45) is 0 Å². The first-order valence-corrected chi connectivity index (χ1v) is 8.22. The van der Waals surface area contributed by atoms with E-state index in [2.05, 4.69) is 0 Å². The van der Waals surface area contributed by atoms with E-state index in [1.807, 2.05) is 37.3 Å². The van der Waals surface area contributed by atoms with Crippen molar-refractivity contribution in [2.75, 3.05) is 6.54 Å². The third-order valence-electron chi connectivity index (χ3n) is 3.73. The molecular formula is C17H15NO5S. The number of imide groups is 1. The van der Waals surface area contributed by atoms with Crippen molar-refractivity contribution in [2.45, 2.75) is 19.4 Å². The SMILES string of the molecule is CC1Oc2ccccc2C=C1/C=C1\SC(=O)N(CCC(=O)O)C1=O. The van der Waals surface area contributed by atoms with E-state index >= 15 is 0 Å². The number of hydrogen-bond donors (Lipinski definition) is 1. The summed E-state index contributed by atoms with van der Waals surface area (Å²) in [6.07, 6.45) is 3.06. The van der Waals surface area contributed by atoms with Gasteiger partial charge in [-0.2, -0.15) is 0 Å². The van der Waals surface area contributed by atoms with Gasteiger partial charge in [0.05, 0.1) is 11.3 Å². The van der Waals surface area contributed by atoms with Crippen molar-refractivity contribution in [3.63, 3.8) is 0 Å². The topological polar surface area (TPSA) is 83.9 Å². The van der Waals surface area contributed by atoms with E-state index in [9.17, 15) is 14.4 Å². The van der Waals surface area contributed by atoms with Gasteiger partial charge in [0.2, 0.25) is 0 Å². The van der Waals surface area contributed by atoms with Crippen LogP contribution in [0.25, 0.3) is 6.08 Å². The molecule has 24 heavy (non-hydrogen) atoms. The smallest absolute Gasteiger partial charge is 0.305 e. The van der Waals surface area contributed by atoms with Crippen LogP contribution in [-0.4, -0.2) is 39.8 Å². The maximum absolute atomic E-state index is 12.3. The van der Waals surface area contributed by atoms with E-state index in [4.69, 9.17) is 9.84 Å². The van der Waals surface area contributed by atoms with Gasteiger partial charge in [-0.05, 0) is 42.5 Å². The van der Waals surface area contributed by atoms with Gasteiger partial charge in [-0.3, -0.25) is 19.3 Å². The molecule has 0 aliphatic carbocycles. The standard InChI is InChI=1S/C17H15NO5S/c1-10-12(8-11-4-2-3-5-13(11)23-10)9-14-16(21)18(17(22)24-14)7-6-15(19)20/h2-5,8-10H,6-7H2,1H3,(H,19,20)/b14-9-. The highest BCUT2D eigenvalue weighted by atomic mass is 32.2. The van der Waals surface area contributed by atoms with Crippen LogP contribution in [0.3, 0.4) is 0 Å². The van der Waals surface area contributed by atoms with Gasteiger partial charge in [0, 0.05) is 12.1 Å². The fourth-order valence-corrected chi connectivity index (χ4v) is 3.34. The molecule has 0 spiro atoms. The predicted octanol–water partition coefficient (Wildman–Crippen LogP) is 2.90. The molecule has 2 aliphatic rings. The molecule has 0 saturated carbocycles. The zero-order valence-corrected chi connectivity index (χ0v) is 13.7. The molecule has 1 fully saturated rings. The monoisotopic (exact) mass is 345 g/mol. The van der Waals surface area contributed by atoms with E-state index in [1.54, 1.807) is 6.08 Å². The van der Waals surface area contributed by atoms with E-state index in [-0.39, 0.29) is 24.0 Å². The second kappa shape index (κ2) is 6.52. The molecule has 1 aromatic rings. The summed E-state index contributed by atoms with van der Waals surface area (Å²) >= 11 is 0.820. The Morgan fingerprint density at radius 2 is 2.12 bits per heavy atom. The second-order valence-corrected chi connectivity index (χ2v) is 6.41. The van der Waals surface area contributed by atoms with E-state index in [0.29, 0.717) is 0 Å². The first-order valence-electron chi connectivity index (χ1n) is 7.40. The Kier molecular flexibility index (Phi) is 4.44. The fourth-order valence-electron chi connectivity index (χ4n) is 2.47. The van der Waals surface area contributed by atoms with Crippen LogP contribution in [0, 0.1) is 0 Å². The van der Waals surface area contributed by atoms with Crippen molar-refractivity contribution in [3.05, 3.63) is 46.4 Å². The highest BCUT2D eigenvalue weighted by Gasteiger charge is 2.35. The maximum atomic E-state index is 12.3. The van der Waals surface area contributed by atoms with Gasteiger partial charge in [-0.1, -0.05) is 18.2 Å². The Hall–Kier alpha value is -2.54. The zero-order chi connectivity index (χ0) is 17.3. The van der Waals surface area contributed by atoms with Gasteiger partial charge in [-0.25, -0.2) is 0 Å². The van der Waals surface area contributed by atoms with Gasteiger partial charge < -0.3 is 9.84 Å². The van der Waals surface area contributed by atoms with Gasteiger partial charge in [0.15, 0.2) is 0 Å². The van der Waals surface area contributed by atoms with Gasteiger partial charge in [-0.15, -0.1) is 0 Å². The molecule has 2 aliphatic heterocycles. The van der Waals surface area contributed by atoms with E-state index in [1.165, 1.54) is 0 Å². The van der Waals surface area contributed by atoms with Crippen LogP contribution in [0.5, 0.6) is 5.75 Å². The third kappa shape index (κ3) is 3.21. The van der Waals surface area contributed by atoms with Crippen LogP contribution >= 0.6 is 11.8 Å². The summed E-state index contributed by atoms with van der Waals surface area (Å²) in [4.78, 5) is 36.1. The Bertz CT molecular complexity index is 783. The number of carbonyl (C=O) groups is 3. The van der Waals surface area contributed by atoms with Gasteiger partial charge in [0.1, 0.15) is 11.9 Å². The normalized spacial score (nSPS) is 21.5. The van der Waals surface area contributed by atoms with Crippen molar-refractivity contribution in [3.8, 4) is 5.75 Å². The second-order valence-electron chi connectivity index (χ2n) is 5.42. The molecule has 1 unspecified atom stereocenters. The van der Waals surface area contributed by atoms with Crippen LogP contribution in [-0.2, 0) is 9.59 Å². The number of thioether (sulfide) groups is 1. The molecule has 1 saturated heterocycles. The molecule has 1 N–H and O–H groups in total. The van der Waals surface area contributed by atoms with Gasteiger partial charge >= 0.3 is 5.97 Å². The predicted molar refractivity (Wildman–Crippen MR) is 89.5 cm³/mol. The summed E-state index contributed by atoms with van der Waals surface area (Å²) in [7, 11) is 0. The Morgan fingerprint density at radius 3 is 2.88 bits per heavy atom. The quantitative estimate of drug-likeness (QED) is 0.845. The molecule has 7 heteroatoms. The lowest BCUT2D eigenvalue weighted by Gasteiger charge is -2.23. The lowest BCUT2D eigenvalue weighted by Crippen LogP contribution is -2.30. The van der Waals surface area contributed by atoms with E-state index < -0.39 is 17.1 Å². The number of carbonyl (C=O) groups excluding carboxylic acids is 2. The van der Waals surface area contributed by atoms with Gasteiger partial charge in [0.25, 0.3) is 11.1 Å². The average Bonchev–Trinajstić information content (AvgIpc) is 2.80. The minimum atomic E-state index is -1.05. The van der Waals surface area contributed by atoms with Crippen molar-refractivity contribution in [1.82, 2.24) is 4.90 Å². The average molecular weight is 345 g/mol. The number of rotatable bonds is 4. The molecule has 3 rings (SSSR count). The minimum Gasteiger partial charge on any atom is -0.485 e. The molecule has 1 aromatic carbocycles. The van der Waals surface area contributed by atoms with Crippen molar-refractivity contribution < 1.29 is 24.2 Å². The first-order chi connectivity index (χ1) is 11.5. The van der Waals surface area contributed by atoms with Crippen LogP contribution < -0.4 is 4.74 Å². The van der Waals surface area contributed by atoms with Crippen LogP contribution in [0.1, 0.15) is 18.9 Å². The number of amides is 2. The Morgan fingerprint density at radius 1 is 1.38 bits per heavy atom. The molecule has 2 amide bonds. The summed E-state index contributed by atoms with van der Waals surface area (Å²) in [5.74, 6) is -0.735. The maximum Gasteiger partial charge on any atom is 0.305 e. The number of para-hydroxylation sites is 1. The highest BCUT2D eigenvalue weighted by molar-refractivity contribution is 8.18. The number of carboxylic acids is 1. The zero-order valence-electron chi connectivity index (χ0n) is 12.9. The third-order valence-corrected chi connectivity index (χ3v) is 4.64. The van der Waals surface area contributed by atoms with E-state index in [0.717, 1.165) is 33.5 Å². The molecule has 6 nitrogen and oxygen atoms in total. The molecule has 0 bridgehead atoms. The number of fused-ring (bicyclic) bond motifs is 1. The number of hydrogen-bond acceptors (Lipinski definition) is 5. The molecule has 1 atom stereocenters. The summed E-state index contributed by atoms with van der Waals surface area (Å²) < 4.78 is 5.81. The fraction of sp³-hybridized carbons (Fsp3) is 0.235. The molecule has 124 valence electrons. The lowest BCUT2D eigenvalue weighted by atomic mass is 10.0. The number of nitrogens with zero attached hydrogens (tertiary/aromatic N) is 1. The molecular weight excluding hydrogens is 330 g/mol. The number of aliphatic carboxylic acids is 1. The van der Waals surface area contributed by atoms with Crippen LogP contribution in [0.2, 0.25) is 0 Å². The Labute approximate surface area is 142 Å². The number of ether oxygens (including phenoxy) is 1. The number of carboxylic acid groups (broad SMARTS) is 1. The van der Waals surface area contributed by atoms with Crippen molar-refractivity contribution >= 4 is 35.0 Å². The highest BCUT2D eigenvalue weighted by Crippen LogP contribution is 2.35. The lowest BCUT2D eigenvalue weighted by molar-refractivity contribution is -0.137. The summed E-state index contributed by atoms with van der Waals surface area (Å²) in [6.45, 7) is 1.75. The largest absolute Gasteiger partial charge is 0.485 e. The Balaban J connectivity index is 1.84. The first kappa shape index (κ1) is 16.3. The molecule has 0 radical (unpaired) electrons. The molecule has 2 heterocycles. The molecule has 0 aromatic heterocycles. The number of benzene rings is 1. The summed E-state index contributed by atoms with van der Waals surface area (Å²) in [5, 5.41) is 8.26.